The molecule has 0 aromatic carbocycles. The van der Waals surface area contributed by atoms with E-state index in [0.717, 1.165) is 25.7 Å². The van der Waals surface area contributed by atoms with E-state index >= 15 is 0 Å². The van der Waals surface area contributed by atoms with Gasteiger partial charge < -0.3 is 9.47 Å². The molecule has 0 heterocycles. The van der Waals surface area contributed by atoms with Gasteiger partial charge in [-0.2, -0.15) is 0 Å². The molecule has 0 aromatic rings. The van der Waals surface area contributed by atoms with Crippen molar-refractivity contribution in [2.45, 2.75) is 168 Å². The van der Waals surface area contributed by atoms with Gasteiger partial charge in [0.05, 0.1) is 13.2 Å². The molecule has 3 nitrogen and oxygen atoms in total. The first-order valence-corrected chi connectivity index (χ1v) is 15.3. The highest BCUT2D eigenvalue weighted by Gasteiger charge is 2.03. The molecule has 0 amide bonds. The summed E-state index contributed by atoms with van der Waals surface area (Å²) >= 11 is 0. The van der Waals surface area contributed by atoms with Crippen LogP contribution in [-0.2, 0) is 9.47 Å². The van der Waals surface area contributed by atoms with Crippen LogP contribution in [0.1, 0.15) is 168 Å². The van der Waals surface area contributed by atoms with Gasteiger partial charge in [0.2, 0.25) is 0 Å². The molecule has 3 heteroatoms. The zero-order valence-corrected chi connectivity index (χ0v) is 23.3. The van der Waals surface area contributed by atoms with Crippen molar-refractivity contribution in [2.24, 2.45) is 0 Å². The van der Waals surface area contributed by atoms with Crippen molar-refractivity contribution in [1.82, 2.24) is 0 Å². The van der Waals surface area contributed by atoms with Crippen LogP contribution in [0.15, 0.2) is 12.2 Å². The van der Waals surface area contributed by atoms with Crippen molar-refractivity contribution in [1.29, 1.82) is 0 Å². The van der Waals surface area contributed by atoms with Crippen LogP contribution in [0, 0.1) is 0 Å². The number of carbonyl (C=O) groups is 1. The standard InChI is InChI=1S/C31H60O3/c1-3-5-7-9-11-12-13-14-15-16-17-18-19-20-21-22-23-24-26-28-30-34-31(32)33-29-27-25-10-8-6-4-2/h14-15H,3-13,16-30H2,1-2H3. The highest BCUT2D eigenvalue weighted by Crippen LogP contribution is 2.12. The van der Waals surface area contributed by atoms with Gasteiger partial charge in [-0.05, 0) is 38.5 Å². The number of hydrogen-bond donors (Lipinski definition) is 0. The molecule has 0 fully saturated rings. The summed E-state index contributed by atoms with van der Waals surface area (Å²) in [6, 6.07) is 0. The molecule has 0 bridgehead atoms. The van der Waals surface area contributed by atoms with Crippen molar-refractivity contribution in [2.75, 3.05) is 13.2 Å². The molecule has 0 N–H and O–H groups in total. The first kappa shape index (κ1) is 33.0. The van der Waals surface area contributed by atoms with Gasteiger partial charge in [0, 0.05) is 0 Å². The van der Waals surface area contributed by atoms with Crippen molar-refractivity contribution in [3.8, 4) is 0 Å². The summed E-state index contributed by atoms with van der Waals surface area (Å²) in [5.74, 6) is 0. The summed E-state index contributed by atoms with van der Waals surface area (Å²) in [5.41, 5.74) is 0. The van der Waals surface area contributed by atoms with Gasteiger partial charge in [0.1, 0.15) is 0 Å². The average Bonchev–Trinajstić information content (AvgIpc) is 2.84. The topological polar surface area (TPSA) is 35.5 Å². The molecule has 0 saturated heterocycles. The van der Waals surface area contributed by atoms with Crippen molar-refractivity contribution in [3.63, 3.8) is 0 Å². The lowest BCUT2D eigenvalue weighted by Gasteiger charge is -2.06. The summed E-state index contributed by atoms with van der Waals surface area (Å²) in [6.07, 6.45) is 35.3. The third kappa shape index (κ3) is 29.0. The number of allylic oxidation sites excluding steroid dienone is 2. The van der Waals surface area contributed by atoms with Crippen LogP contribution in [0.4, 0.5) is 4.79 Å². The molecule has 0 aliphatic heterocycles. The Bertz CT molecular complexity index is 419. The zero-order chi connectivity index (χ0) is 24.8. The minimum absolute atomic E-state index is 0.484. The fraction of sp³-hybridized carbons (Fsp3) is 0.903. The lowest BCUT2D eigenvalue weighted by molar-refractivity contribution is 0.0529. The van der Waals surface area contributed by atoms with Gasteiger partial charge in [0.15, 0.2) is 0 Å². The van der Waals surface area contributed by atoms with Gasteiger partial charge in [0.25, 0.3) is 0 Å². The fourth-order valence-electron chi connectivity index (χ4n) is 4.29. The molecule has 0 aliphatic rings. The molecule has 0 aromatic heterocycles. The fourth-order valence-corrected chi connectivity index (χ4v) is 4.29. The van der Waals surface area contributed by atoms with Gasteiger partial charge in [-0.25, -0.2) is 4.79 Å². The molecule has 0 atom stereocenters. The minimum atomic E-state index is -0.484. The van der Waals surface area contributed by atoms with E-state index in [-0.39, 0.29) is 0 Å². The van der Waals surface area contributed by atoms with Crippen LogP contribution < -0.4 is 0 Å². The molecule has 0 aliphatic carbocycles. The molecule has 0 unspecified atom stereocenters. The monoisotopic (exact) mass is 480 g/mol. The lowest BCUT2D eigenvalue weighted by atomic mass is 10.1. The third-order valence-electron chi connectivity index (χ3n) is 6.59. The molecule has 202 valence electrons. The highest BCUT2D eigenvalue weighted by atomic mass is 16.7. The van der Waals surface area contributed by atoms with Gasteiger partial charge in [-0.15, -0.1) is 0 Å². The van der Waals surface area contributed by atoms with E-state index in [1.807, 2.05) is 0 Å². The van der Waals surface area contributed by atoms with E-state index in [9.17, 15) is 4.79 Å². The molecule has 0 rings (SSSR count). The summed E-state index contributed by atoms with van der Waals surface area (Å²) in [7, 11) is 0. The number of ether oxygens (including phenoxy) is 2. The number of hydrogen-bond acceptors (Lipinski definition) is 3. The largest absolute Gasteiger partial charge is 0.508 e. The van der Waals surface area contributed by atoms with E-state index < -0.39 is 6.16 Å². The average molecular weight is 481 g/mol. The Morgan fingerprint density at radius 3 is 1.09 bits per heavy atom. The first-order valence-electron chi connectivity index (χ1n) is 15.3. The summed E-state index contributed by atoms with van der Waals surface area (Å²) in [5, 5.41) is 0. The predicted molar refractivity (Wildman–Crippen MR) is 149 cm³/mol. The van der Waals surface area contributed by atoms with E-state index in [4.69, 9.17) is 9.47 Å². The normalized spacial score (nSPS) is 11.4. The Morgan fingerprint density at radius 1 is 0.441 bits per heavy atom. The molecular formula is C31H60O3. The number of carbonyl (C=O) groups excluding carboxylic acids is 1. The maximum atomic E-state index is 11.5. The quantitative estimate of drug-likeness (QED) is 0.0666. The van der Waals surface area contributed by atoms with Crippen LogP contribution in [0.25, 0.3) is 0 Å². The second-order valence-corrected chi connectivity index (χ2v) is 10.1. The van der Waals surface area contributed by atoms with Gasteiger partial charge in [-0.1, -0.05) is 142 Å². The Kier molecular flexibility index (Phi) is 29.2. The second kappa shape index (κ2) is 30.0. The molecule has 0 saturated carbocycles. The number of rotatable bonds is 27. The van der Waals surface area contributed by atoms with E-state index in [0.29, 0.717) is 13.2 Å². The van der Waals surface area contributed by atoms with Crippen molar-refractivity contribution < 1.29 is 14.3 Å². The first-order chi connectivity index (χ1) is 16.8. The molecule has 0 spiro atoms. The SMILES string of the molecule is CCCCCCCCC=CCCCCCCCCCCCCOC(=O)OCCCCCCCC. The predicted octanol–water partition coefficient (Wildman–Crippen LogP) is 11.1. The number of unbranched alkanes of at least 4 members (excludes halogenated alkanes) is 21. The van der Waals surface area contributed by atoms with Crippen LogP contribution >= 0.6 is 0 Å². The summed E-state index contributed by atoms with van der Waals surface area (Å²) < 4.78 is 10.3. The van der Waals surface area contributed by atoms with Crippen molar-refractivity contribution >= 4 is 6.16 Å². The lowest BCUT2D eigenvalue weighted by Crippen LogP contribution is -2.09. The van der Waals surface area contributed by atoms with E-state index in [2.05, 4.69) is 26.0 Å². The van der Waals surface area contributed by atoms with Crippen LogP contribution in [0.5, 0.6) is 0 Å². The third-order valence-corrected chi connectivity index (χ3v) is 6.59. The van der Waals surface area contributed by atoms with Crippen LogP contribution in [0.2, 0.25) is 0 Å². The molecule has 0 radical (unpaired) electrons. The minimum Gasteiger partial charge on any atom is -0.434 e. The summed E-state index contributed by atoms with van der Waals surface area (Å²) in [4.78, 5) is 11.5. The van der Waals surface area contributed by atoms with Crippen molar-refractivity contribution in [3.05, 3.63) is 12.2 Å². The van der Waals surface area contributed by atoms with E-state index in [1.165, 1.54) is 128 Å². The van der Waals surface area contributed by atoms with E-state index in [1.54, 1.807) is 0 Å². The Labute approximate surface area is 213 Å². The highest BCUT2D eigenvalue weighted by molar-refractivity contribution is 5.59. The zero-order valence-electron chi connectivity index (χ0n) is 23.3. The Morgan fingerprint density at radius 2 is 0.735 bits per heavy atom. The molecule has 34 heavy (non-hydrogen) atoms. The van der Waals surface area contributed by atoms with Crippen LogP contribution in [-0.4, -0.2) is 19.4 Å². The van der Waals surface area contributed by atoms with Crippen LogP contribution in [0.3, 0.4) is 0 Å². The maximum absolute atomic E-state index is 11.5. The Balaban J connectivity index is 3.15. The smallest absolute Gasteiger partial charge is 0.434 e. The second-order valence-electron chi connectivity index (χ2n) is 10.1. The maximum Gasteiger partial charge on any atom is 0.508 e. The Hall–Kier alpha value is -0.990. The molecular weight excluding hydrogens is 420 g/mol. The summed E-state index contributed by atoms with van der Waals surface area (Å²) in [6.45, 7) is 5.51. The van der Waals surface area contributed by atoms with Gasteiger partial charge >= 0.3 is 6.16 Å². The van der Waals surface area contributed by atoms with Gasteiger partial charge in [-0.3, -0.25) is 0 Å².